The molecule has 47 heavy (non-hydrogen) atoms. The number of hydrogen-bond donors (Lipinski definition) is 0. The summed E-state index contributed by atoms with van der Waals surface area (Å²) in [6.45, 7) is 0. The minimum absolute atomic E-state index is 0.637. The molecule has 2 aromatic heterocycles. The van der Waals surface area contributed by atoms with Gasteiger partial charge in [0.05, 0.1) is 16.7 Å². The predicted octanol–water partition coefficient (Wildman–Crippen LogP) is 10.8. The summed E-state index contributed by atoms with van der Waals surface area (Å²) < 4.78 is 2.40. The molecule has 7 aromatic carbocycles. The standard InChI is InChI=1S/C43H26N4/c1-3-13-28(14-4-1)41-44-42(29-15-5-2-6-16-29)46-43(45-41)34-19-7-8-24-35(34)47-36-25-11-22-32-30-20-9-17-27-18-10-21-31(38(27)30)33-23-12-26-37(47)40(33)39(32)36/h1-26H. The van der Waals surface area contributed by atoms with Crippen LogP contribution in [0.5, 0.6) is 0 Å². The second-order valence-electron chi connectivity index (χ2n) is 12.0. The quantitative estimate of drug-likeness (QED) is 0.202. The van der Waals surface area contributed by atoms with Crippen molar-refractivity contribution >= 4 is 32.6 Å². The molecule has 2 heterocycles. The molecule has 0 saturated heterocycles. The summed E-state index contributed by atoms with van der Waals surface area (Å²) in [5, 5.41) is 5.10. The van der Waals surface area contributed by atoms with E-state index in [-0.39, 0.29) is 0 Å². The van der Waals surface area contributed by atoms with Crippen molar-refractivity contribution in [1.82, 2.24) is 19.5 Å². The van der Waals surface area contributed by atoms with E-state index in [1.54, 1.807) is 0 Å². The van der Waals surface area contributed by atoms with Crippen LogP contribution in [-0.4, -0.2) is 19.5 Å². The minimum atomic E-state index is 0.637. The molecule has 0 aliphatic heterocycles. The fourth-order valence-corrected chi connectivity index (χ4v) is 7.39. The van der Waals surface area contributed by atoms with Crippen molar-refractivity contribution in [3.8, 4) is 62.1 Å². The molecule has 0 unspecified atom stereocenters. The van der Waals surface area contributed by atoms with Gasteiger partial charge in [0.2, 0.25) is 0 Å². The first-order valence-electron chi connectivity index (χ1n) is 15.9. The summed E-state index contributed by atoms with van der Waals surface area (Å²) >= 11 is 0. The van der Waals surface area contributed by atoms with Crippen LogP contribution in [0.25, 0.3) is 94.7 Å². The Bertz CT molecular complexity index is 2520. The van der Waals surface area contributed by atoms with Crippen LogP contribution >= 0.6 is 0 Å². The number of para-hydroxylation sites is 1. The Labute approximate surface area is 271 Å². The van der Waals surface area contributed by atoms with Crippen LogP contribution in [0, 0.1) is 0 Å². The van der Waals surface area contributed by atoms with Crippen molar-refractivity contribution < 1.29 is 0 Å². The van der Waals surface area contributed by atoms with E-state index in [1.807, 2.05) is 60.7 Å². The zero-order chi connectivity index (χ0) is 30.9. The summed E-state index contributed by atoms with van der Waals surface area (Å²) in [6, 6.07) is 55.5. The minimum Gasteiger partial charge on any atom is -0.308 e. The number of benzene rings is 7. The average Bonchev–Trinajstić information content (AvgIpc) is 3.43. The molecule has 0 amide bonds. The molecule has 9 aromatic rings. The van der Waals surface area contributed by atoms with E-state index in [4.69, 9.17) is 15.0 Å². The van der Waals surface area contributed by atoms with Gasteiger partial charge in [0.1, 0.15) is 0 Å². The van der Waals surface area contributed by atoms with Crippen LogP contribution in [0.15, 0.2) is 158 Å². The van der Waals surface area contributed by atoms with Gasteiger partial charge in [0.15, 0.2) is 17.5 Å². The fourth-order valence-electron chi connectivity index (χ4n) is 7.39. The predicted molar refractivity (Wildman–Crippen MR) is 192 cm³/mol. The molecule has 0 saturated carbocycles. The van der Waals surface area contributed by atoms with Crippen LogP contribution in [-0.2, 0) is 0 Å². The summed E-state index contributed by atoms with van der Waals surface area (Å²) in [5.41, 5.74) is 11.2. The summed E-state index contributed by atoms with van der Waals surface area (Å²) in [5.74, 6) is 1.93. The van der Waals surface area contributed by atoms with Crippen LogP contribution < -0.4 is 0 Å². The van der Waals surface area contributed by atoms with Crippen molar-refractivity contribution in [3.05, 3.63) is 158 Å². The average molecular weight is 599 g/mol. The third-order valence-corrected chi connectivity index (χ3v) is 9.39. The fraction of sp³-hybridized carbons (Fsp3) is 0. The van der Waals surface area contributed by atoms with E-state index < -0.39 is 0 Å². The lowest BCUT2D eigenvalue weighted by Crippen LogP contribution is -2.03. The van der Waals surface area contributed by atoms with Gasteiger partial charge in [-0.25, -0.2) is 15.0 Å². The zero-order valence-corrected chi connectivity index (χ0v) is 25.3. The van der Waals surface area contributed by atoms with Gasteiger partial charge in [-0.15, -0.1) is 0 Å². The molecule has 10 rings (SSSR count). The van der Waals surface area contributed by atoms with E-state index in [1.165, 1.54) is 43.8 Å². The van der Waals surface area contributed by atoms with Gasteiger partial charge in [-0.3, -0.25) is 0 Å². The van der Waals surface area contributed by atoms with Crippen molar-refractivity contribution in [2.24, 2.45) is 0 Å². The topological polar surface area (TPSA) is 43.6 Å². The highest BCUT2D eigenvalue weighted by Crippen LogP contribution is 2.49. The molecule has 0 atom stereocenters. The molecule has 218 valence electrons. The first kappa shape index (κ1) is 25.9. The maximum Gasteiger partial charge on any atom is 0.166 e. The van der Waals surface area contributed by atoms with Gasteiger partial charge in [-0.1, -0.05) is 133 Å². The van der Waals surface area contributed by atoms with Crippen molar-refractivity contribution in [1.29, 1.82) is 0 Å². The van der Waals surface area contributed by atoms with Gasteiger partial charge in [0.25, 0.3) is 0 Å². The van der Waals surface area contributed by atoms with E-state index in [2.05, 4.69) is 102 Å². The lowest BCUT2D eigenvalue weighted by Gasteiger charge is -2.16. The molecule has 4 nitrogen and oxygen atoms in total. The Balaban J connectivity index is 1.29. The van der Waals surface area contributed by atoms with Gasteiger partial charge >= 0.3 is 0 Å². The first-order valence-corrected chi connectivity index (χ1v) is 15.9. The van der Waals surface area contributed by atoms with Gasteiger partial charge in [-0.05, 0) is 57.3 Å². The van der Waals surface area contributed by atoms with E-state index in [0.717, 1.165) is 33.4 Å². The van der Waals surface area contributed by atoms with Crippen LogP contribution in [0.3, 0.4) is 0 Å². The molecule has 0 radical (unpaired) electrons. The summed E-state index contributed by atoms with van der Waals surface area (Å²) in [6.07, 6.45) is 0. The van der Waals surface area contributed by atoms with Crippen molar-refractivity contribution in [2.75, 3.05) is 0 Å². The Kier molecular flexibility index (Phi) is 5.54. The van der Waals surface area contributed by atoms with Crippen LogP contribution in [0.2, 0.25) is 0 Å². The second-order valence-corrected chi connectivity index (χ2v) is 12.0. The van der Waals surface area contributed by atoms with E-state index in [0.29, 0.717) is 17.5 Å². The lowest BCUT2D eigenvalue weighted by molar-refractivity contribution is 1.06. The van der Waals surface area contributed by atoms with E-state index >= 15 is 0 Å². The third kappa shape index (κ3) is 3.85. The second kappa shape index (κ2) is 10.1. The Morgan fingerprint density at radius 2 is 0.745 bits per heavy atom. The Hall–Kier alpha value is -6.39. The highest BCUT2D eigenvalue weighted by Gasteiger charge is 2.25. The molecule has 1 aliphatic rings. The highest BCUT2D eigenvalue weighted by atomic mass is 15.1. The molecule has 0 spiro atoms. The molecule has 0 bridgehead atoms. The smallest absolute Gasteiger partial charge is 0.166 e. The van der Waals surface area contributed by atoms with Crippen LogP contribution in [0.1, 0.15) is 0 Å². The zero-order valence-electron chi connectivity index (χ0n) is 25.3. The maximum atomic E-state index is 5.11. The monoisotopic (exact) mass is 598 g/mol. The lowest BCUT2D eigenvalue weighted by atomic mass is 9.93. The largest absolute Gasteiger partial charge is 0.308 e. The van der Waals surface area contributed by atoms with E-state index in [9.17, 15) is 0 Å². The molecule has 0 fully saturated rings. The van der Waals surface area contributed by atoms with Gasteiger partial charge in [0, 0.05) is 27.5 Å². The van der Waals surface area contributed by atoms with Gasteiger partial charge in [-0.2, -0.15) is 0 Å². The highest BCUT2D eigenvalue weighted by molar-refractivity contribution is 6.27. The summed E-state index contributed by atoms with van der Waals surface area (Å²) in [4.78, 5) is 15.2. The maximum absolute atomic E-state index is 5.11. The number of nitrogens with zero attached hydrogens (tertiary/aromatic N) is 4. The number of aromatic nitrogens is 4. The van der Waals surface area contributed by atoms with Crippen molar-refractivity contribution in [3.63, 3.8) is 0 Å². The first-order chi connectivity index (χ1) is 23.3. The normalized spacial score (nSPS) is 11.8. The molecule has 4 heteroatoms. The molecule has 1 aliphatic carbocycles. The number of fused-ring (bicyclic) bond motifs is 2. The van der Waals surface area contributed by atoms with Crippen LogP contribution in [0.4, 0.5) is 0 Å². The van der Waals surface area contributed by atoms with Crippen molar-refractivity contribution in [2.45, 2.75) is 0 Å². The number of hydrogen-bond acceptors (Lipinski definition) is 3. The molecular weight excluding hydrogens is 573 g/mol. The molecular formula is C43H26N4. The molecule has 0 N–H and O–H groups in total. The summed E-state index contributed by atoms with van der Waals surface area (Å²) in [7, 11) is 0. The third-order valence-electron chi connectivity index (χ3n) is 9.39. The SMILES string of the molecule is c1ccc(-c2nc(-c3ccccc3)nc(-c3ccccc3-n3c4cccc5c4c4c(cccc43)-c3cccc4cccc-5c34)n2)cc1. The number of rotatable bonds is 4. The Morgan fingerprint density at radius 3 is 1.30 bits per heavy atom. The Morgan fingerprint density at radius 1 is 0.319 bits per heavy atom. The van der Waals surface area contributed by atoms with Gasteiger partial charge < -0.3 is 4.57 Å².